The molecule has 1 saturated heterocycles. The molecule has 1 aliphatic heterocycles. The molecule has 0 saturated carbocycles. The summed E-state index contributed by atoms with van der Waals surface area (Å²) in [4.78, 5) is 29.7. The maximum atomic E-state index is 13.3. The van der Waals surface area contributed by atoms with Crippen molar-refractivity contribution in [2.24, 2.45) is 0 Å². The summed E-state index contributed by atoms with van der Waals surface area (Å²) >= 11 is 0. The Morgan fingerprint density at radius 1 is 1.15 bits per heavy atom. The van der Waals surface area contributed by atoms with Crippen LogP contribution in [0.25, 0.3) is 16.9 Å². The van der Waals surface area contributed by atoms with Gasteiger partial charge in [0.25, 0.3) is 5.56 Å². The standard InChI is InChI=1S/C30H38N8O2/c1-4-6-7-8-22-9-12-27(34-25(22)20-39)38-28-24(29(40)37(38)15-5-2)19-32-30(35-28)33-23-10-11-26(21(3)18-23)36-16-13-31-14-17-36/h5,9-12,18-19,31,39H,2,4,6-8,13-17,20H2,1,3H3,(H,32,33,35). The number of fused-ring (bicyclic) bond motifs is 1. The third-order valence-corrected chi connectivity index (χ3v) is 7.36. The second-order valence-electron chi connectivity index (χ2n) is 10.2. The Hall–Kier alpha value is -4.02. The maximum absolute atomic E-state index is 13.3. The van der Waals surface area contributed by atoms with Crippen LogP contribution in [0.4, 0.5) is 17.3 Å². The maximum Gasteiger partial charge on any atom is 0.278 e. The monoisotopic (exact) mass is 542 g/mol. The Bertz CT molecular complexity index is 1550. The Morgan fingerprint density at radius 3 is 2.70 bits per heavy atom. The molecule has 40 heavy (non-hydrogen) atoms. The molecule has 4 aromatic rings. The van der Waals surface area contributed by atoms with Gasteiger partial charge in [0.2, 0.25) is 5.95 Å². The number of aliphatic hydroxyl groups is 1. The zero-order valence-corrected chi connectivity index (χ0v) is 23.4. The van der Waals surface area contributed by atoms with Gasteiger partial charge in [-0.1, -0.05) is 31.9 Å². The van der Waals surface area contributed by atoms with Crippen molar-refractivity contribution in [3.63, 3.8) is 0 Å². The highest BCUT2D eigenvalue weighted by molar-refractivity contribution is 5.77. The number of anilines is 3. The van der Waals surface area contributed by atoms with Crippen molar-refractivity contribution in [2.75, 3.05) is 36.4 Å². The third kappa shape index (κ3) is 5.64. The van der Waals surface area contributed by atoms with Crippen LogP contribution in [0.3, 0.4) is 0 Å². The minimum atomic E-state index is -0.225. The minimum Gasteiger partial charge on any atom is -0.390 e. The van der Waals surface area contributed by atoms with Crippen molar-refractivity contribution in [3.8, 4) is 5.82 Å². The van der Waals surface area contributed by atoms with Crippen LogP contribution in [0.15, 0.2) is 54.0 Å². The van der Waals surface area contributed by atoms with Gasteiger partial charge < -0.3 is 20.6 Å². The van der Waals surface area contributed by atoms with Crippen molar-refractivity contribution in [3.05, 3.63) is 76.4 Å². The molecule has 0 bridgehead atoms. The number of pyridine rings is 1. The number of piperazine rings is 1. The molecule has 0 unspecified atom stereocenters. The second kappa shape index (κ2) is 12.4. The Balaban J connectivity index is 1.51. The molecule has 1 aliphatic rings. The van der Waals surface area contributed by atoms with E-state index in [2.05, 4.69) is 53.1 Å². The lowest BCUT2D eigenvalue weighted by Gasteiger charge is -2.30. The summed E-state index contributed by atoms with van der Waals surface area (Å²) in [5, 5.41) is 17.2. The zero-order valence-electron chi connectivity index (χ0n) is 23.4. The number of aliphatic hydroxyl groups excluding tert-OH is 1. The van der Waals surface area contributed by atoms with Crippen molar-refractivity contribution >= 4 is 28.4 Å². The highest BCUT2D eigenvalue weighted by atomic mass is 16.3. The Morgan fingerprint density at radius 2 is 1.98 bits per heavy atom. The first-order valence-electron chi connectivity index (χ1n) is 14.1. The first-order valence-corrected chi connectivity index (χ1v) is 14.1. The van der Waals surface area contributed by atoms with Gasteiger partial charge in [0.05, 0.1) is 18.8 Å². The summed E-state index contributed by atoms with van der Waals surface area (Å²) < 4.78 is 3.24. The average Bonchev–Trinajstić information content (AvgIpc) is 3.24. The molecular weight excluding hydrogens is 504 g/mol. The fourth-order valence-corrected chi connectivity index (χ4v) is 5.30. The topological polar surface area (TPSA) is 113 Å². The van der Waals surface area contributed by atoms with E-state index in [0.717, 1.165) is 63.1 Å². The van der Waals surface area contributed by atoms with E-state index in [1.165, 1.54) is 11.3 Å². The fourth-order valence-electron chi connectivity index (χ4n) is 5.30. The van der Waals surface area contributed by atoms with E-state index in [-0.39, 0.29) is 18.7 Å². The Labute approximate surface area is 234 Å². The minimum absolute atomic E-state index is 0.175. The molecule has 1 fully saturated rings. The summed E-state index contributed by atoms with van der Waals surface area (Å²) in [6.07, 6.45) is 7.36. The quantitative estimate of drug-likeness (QED) is 0.194. The second-order valence-corrected chi connectivity index (χ2v) is 10.2. The molecular formula is C30H38N8O2. The summed E-state index contributed by atoms with van der Waals surface area (Å²) in [7, 11) is 0. The smallest absolute Gasteiger partial charge is 0.278 e. The lowest BCUT2D eigenvalue weighted by atomic mass is 10.1. The van der Waals surface area contributed by atoms with Gasteiger partial charge >= 0.3 is 0 Å². The molecule has 4 heterocycles. The lowest BCUT2D eigenvalue weighted by molar-refractivity contribution is 0.275. The van der Waals surface area contributed by atoms with E-state index in [4.69, 9.17) is 9.97 Å². The first kappa shape index (κ1) is 27.5. The van der Waals surface area contributed by atoms with Crippen LogP contribution >= 0.6 is 0 Å². The third-order valence-electron chi connectivity index (χ3n) is 7.36. The predicted octanol–water partition coefficient (Wildman–Crippen LogP) is 3.85. The van der Waals surface area contributed by atoms with Crippen LogP contribution in [-0.4, -0.2) is 55.6 Å². The van der Waals surface area contributed by atoms with E-state index < -0.39 is 0 Å². The lowest BCUT2D eigenvalue weighted by Crippen LogP contribution is -2.43. The highest BCUT2D eigenvalue weighted by Crippen LogP contribution is 2.26. The van der Waals surface area contributed by atoms with Gasteiger partial charge in [0, 0.05) is 43.8 Å². The van der Waals surface area contributed by atoms with Crippen LogP contribution in [0.5, 0.6) is 0 Å². The first-order chi connectivity index (χ1) is 19.5. The van der Waals surface area contributed by atoms with Crippen LogP contribution in [0.2, 0.25) is 0 Å². The van der Waals surface area contributed by atoms with E-state index in [1.54, 1.807) is 21.6 Å². The molecule has 3 N–H and O–H groups in total. The van der Waals surface area contributed by atoms with Gasteiger partial charge in [-0.2, -0.15) is 4.98 Å². The molecule has 0 amide bonds. The summed E-state index contributed by atoms with van der Waals surface area (Å²) in [6.45, 7) is 12.1. The summed E-state index contributed by atoms with van der Waals surface area (Å²) in [5.74, 6) is 0.892. The number of benzene rings is 1. The number of rotatable bonds is 11. The number of nitrogens with one attached hydrogen (secondary N) is 2. The van der Waals surface area contributed by atoms with Gasteiger partial charge in [-0.05, 0) is 55.2 Å². The number of unbranched alkanes of at least 4 members (excludes halogenated alkanes) is 2. The van der Waals surface area contributed by atoms with Crippen molar-refractivity contribution in [1.29, 1.82) is 0 Å². The van der Waals surface area contributed by atoms with E-state index in [1.807, 2.05) is 18.2 Å². The van der Waals surface area contributed by atoms with E-state index in [0.29, 0.717) is 28.5 Å². The fraction of sp³-hybridized carbons (Fsp3) is 0.400. The van der Waals surface area contributed by atoms with Crippen LogP contribution in [0.1, 0.15) is 43.0 Å². The van der Waals surface area contributed by atoms with Crippen molar-refractivity contribution < 1.29 is 5.11 Å². The zero-order chi connectivity index (χ0) is 28.1. The molecule has 5 rings (SSSR count). The largest absolute Gasteiger partial charge is 0.390 e. The van der Waals surface area contributed by atoms with Gasteiger partial charge in [-0.3, -0.25) is 4.79 Å². The van der Waals surface area contributed by atoms with Crippen LogP contribution < -0.4 is 21.1 Å². The molecule has 0 spiro atoms. The number of hydrogen-bond acceptors (Lipinski definition) is 8. The normalized spacial score (nSPS) is 13.6. The molecule has 210 valence electrons. The molecule has 0 radical (unpaired) electrons. The number of allylic oxidation sites excluding steroid dienone is 1. The van der Waals surface area contributed by atoms with E-state index >= 15 is 0 Å². The summed E-state index contributed by atoms with van der Waals surface area (Å²) in [5.41, 5.74) is 5.10. The molecule has 3 aromatic heterocycles. The van der Waals surface area contributed by atoms with Gasteiger partial charge in [0.15, 0.2) is 11.5 Å². The molecule has 10 nitrogen and oxygen atoms in total. The molecule has 0 aliphatic carbocycles. The average molecular weight is 543 g/mol. The highest BCUT2D eigenvalue weighted by Gasteiger charge is 2.19. The van der Waals surface area contributed by atoms with Gasteiger partial charge in [-0.25, -0.2) is 19.3 Å². The van der Waals surface area contributed by atoms with Gasteiger partial charge in [-0.15, -0.1) is 6.58 Å². The number of hydrogen-bond donors (Lipinski definition) is 3. The van der Waals surface area contributed by atoms with Crippen LogP contribution in [-0.2, 0) is 19.6 Å². The Kier molecular flexibility index (Phi) is 8.57. The van der Waals surface area contributed by atoms with E-state index in [9.17, 15) is 9.90 Å². The number of aromatic nitrogens is 5. The molecule has 10 heteroatoms. The van der Waals surface area contributed by atoms with Crippen LogP contribution in [0, 0.1) is 6.92 Å². The van der Waals surface area contributed by atoms with Crippen molar-refractivity contribution in [1.82, 2.24) is 29.6 Å². The molecule has 1 aromatic carbocycles. The van der Waals surface area contributed by atoms with Crippen molar-refractivity contribution in [2.45, 2.75) is 52.7 Å². The molecule has 0 atom stereocenters. The number of nitrogens with zero attached hydrogens (tertiary/aromatic N) is 6. The SMILES string of the molecule is C=CCn1c(=O)c2cnc(Nc3ccc(N4CCNCC4)c(C)c3)nc2n1-c1ccc(CCCCC)c(CO)n1. The predicted molar refractivity (Wildman–Crippen MR) is 160 cm³/mol. The number of aryl methyl sites for hydroxylation is 2. The summed E-state index contributed by atoms with van der Waals surface area (Å²) in [6, 6.07) is 10.1. The van der Waals surface area contributed by atoms with Gasteiger partial charge in [0.1, 0.15) is 5.39 Å².